The minimum atomic E-state index is -4.07. The van der Waals surface area contributed by atoms with E-state index in [-0.39, 0.29) is 5.82 Å². The number of hydrogen-bond acceptors (Lipinski definition) is 4. The van der Waals surface area contributed by atoms with Crippen molar-refractivity contribution in [2.45, 2.75) is 4.90 Å². The van der Waals surface area contributed by atoms with Crippen LogP contribution >= 0.6 is 0 Å². The number of H-pyrrole nitrogens is 1. The Balaban J connectivity index is 2.04. The summed E-state index contributed by atoms with van der Waals surface area (Å²) in [5.74, 6) is -0.190. The number of rotatable bonds is 4. The van der Waals surface area contributed by atoms with Gasteiger partial charge in [0.05, 0.1) is 12.6 Å². The third-order valence-corrected chi connectivity index (χ3v) is 4.50. The Morgan fingerprint density at radius 2 is 2.00 bits per heavy atom. The number of aromatic amines is 1. The van der Waals surface area contributed by atoms with Crippen LogP contribution in [-0.2, 0) is 10.0 Å². The maximum absolute atomic E-state index is 13.7. The molecule has 6 nitrogen and oxygen atoms in total. The van der Waals surface area contributed by atoms with Gasteiger partial charge in [0, 0.05) is 5.39 Å². The lowest BCUT2D eigenvalue weighted by molar-refractivity contribution is 0.415. The fraction of sp³-hybridized carbons (Fsp3) is 0.0714. The fourth-order valence-corrected chi connectivity index (χ4v) is 3.15. The summed E-state index contributed by atoms with van der Waals surface area (Å²) in [6.07, 6.45) is 0. The zero-order chi connectivity index (χ0) is 15.7. The molecule has 3 aromatic rings. The van der Waals surface area contributed by atoms with Gasteiger partial charge in [-0.15, -0.1) is 0 Å². The summed E-state index contributed by atoms with van der Waals surface area (Å²) in [6.45, 7) is 0. The summed E-state index contributed by atoms with van der Waals surface area (Å²) in [7, 11) is -2.57. The van der Waals surface area contributed by atoms with Gasteiger partial charge in [0.2, 0.25) is 0 Å². The van der Waals surface area contributed by atoms with E-state index in [0.29, 0.717) is 16.7 Å². The molecule has 2 N–H and O–H groups in total. The van der Waals surface area contributed by atoms with Crippen molar-refractivity contribution < 1.29 is 17.5 Å². The van der Waals surface area contributed by atoms with E-state index in [0.717, 1.165) is 6.07 Å². The summed E-state index contributed by atoms with van der Waals surface area (Å²) in [5.41, 5.74) is 0.632. The molecule has 0 aliphatic rings. The molecule has 1 heterocycles. The molecular weight excluding hydrogens is 309 g/mol. The predicted molar refractivity (Wildman–Crippen MR) is 79.9 cm³/mol. The molecule has 3 rings (SSSR count). The number of hydrogen-bond donors (Lipinski definition) is 2. The van der Waals surface area contributed by atoms with Crippen LogP contribution in [0.5, 0.6) is 5.75 Å². The van der Waals surface area contributed by atoms with Gasteiger partial charge in [-0.2, -0.15) is 5.10 Å². The van der Waals surface area contributed by atoms with Crippen LogP contribution in [0.2, 0.25) is 0 Å². The van der Waals surface area contributed by atoms with Crippen molar-refractivity contribution in [3.63, 3.8) is 0 Å². The average molecular weight is 321 g/mol. The second-order valence-corrected chi connectivity index (χ2v) is 6.17. The van der Waals surface area contributed by atoms with Crippen LogP contribution in [0, 0.1) is 5.82 Å². The first-order chi connectivity index (χ1) is 10.5. The number of sulfonamides is 1. The largest absolute Gasteiger partial charge is 0.497 e. The van der Waals surface area contributed by atoms with E-state index in [1.54, 1.807) is 18.2 Å². The monoisotopic (exact) mass is 321 g/mol. The minimum absolute atomic E-state index is 0.0807. The van der Waals surface area contributed by atoms with Crippen molar-refractivity contribution in [1.82, 2.24) is 10.2 Å². The fourth-order valence-electron chi connectivity index (χ4n) is 2.04. The normalized spacial score (nSPS) is 11.5. The van der Waals surface area contributed by atoms with Crippen LogP contribution < -0.4 is 9.46 Å². The van der Waals surface area contributed by atoms with Crippen molar-refractivity contribution in [1.29, 1.82) is 0 Å². The van der Waals surface area contributed by atoms with Gasteiger partial charge in [0.1, 0.15) is 16.5 Å². The van der Waals surface area contributed by atoms with Crippen LogP contribution in [0.3, 0.4) is 0 Å². The van der Waals surface area contributed by atoms with Gasteiger partial charge in [-0.3, -0.25) is 9.82 Å². The molecule has 0 unspecified atom stereocenters. The first kappa shape index (κ1) is 14.3. The molecule has 0 saturated carbocycles. The van der Waals surface area contributed by atoms with Crippen LogP contribution in [-0.4, -0.2) is 25.7 Å². The van der Waals surface area contributed by atoms with Gasteiger partial charge >= 0.3 is 0 Å². The Kier molecular flexibility index (Phi) is 3.45. The number of fused-ring (bicyclic) bond motifs is 1. The third-order valence-electron chi connectivity index (χ3n) is 3.13. The maximum atomic E-state index is 13.7. The first-order valence-electron chi connectivity index (χ1n) is 6.31. The summed E-state index contributed by atoms with van der Waals surface area (Å²) >= 11 is 0. The van der Waals surface area contributed by atoms with Gasteiger partial charge in [-0.25, -0.2) is 12.8 Å². The highest BCUT2D eigenvalue weighted by atomic mass is 32.2. The topological polar surface area (TPSA) is 84.1 Å². The minimum Gasteiger partial charge on any atom is -0.497 e. The van der Waals surface area contributed by atoms with Crippen molar-refractivity contribution in [3.8, 4) is 5.75 Å². The van der Waals surface area contributed by atoms with Crippen molar-refractivity contribution >= 4 is 26.7 Å². The molecule has 0 radical (unpaired) electrons. The zero-order valence-electron chi connectivity index (χ0n) is 11.5. The SMILES string of the molecule is COc1ccc2[nH]nc(NS(=O)(=O)c3ccccc3F)c2c1. The molecule has 0 spiro atoms. The molecule has 22 heavy (non-hydrogen) atoms. The highest BCUT2D eigenvalue weighted by Gasteiger charge is 2.21. The summed E-state index contributed by atoms with van der Waals surface area (Å²) < 4.78 is 45.6. The molecule has 1 aromatic heterocycles. The van der Waals surface area contributed by atoms with Crippen molar-refractivity contribution in [2.75, 3.05) is 11.8 Å². The van der Waals surface area contributed by atoms with Crippen LogP contribution in [0.25, 0.3) is 10.9 Å². The zero-order valence-corrected chi connectivity index (χ0v) is 12.3. The Labute approximate surface area is 126 Å². The van der Waals surface area contributed by atoms with E-state index >= 15 is 0 Å². The van der Waals surface area contributed by atoms with Gasteiger partial charge in [-0.1, -0.05) is 12.1 Å². The van der Waals surface area contributed by atoms with Crippen LogP contribution in [0.15, 0.2) is 47.4 Å². The van der Waals surface area contributed by atoms with Gasteiger partial charge in [0.15, 0.2) is 5.82 Å². The number of ether oxygens (including phenoxy) is 1. The lowest BCUT2D eigenvalue weighted by Gasteiger charge is -2.07. The molecule has 0 aliphatic heterocycles. The van der Waals surface area contributed by atoms with E-state index in [1.807, 2.05) is 0 Å². The molecule has 0 amide bonds. The second kappa shape index (κ2) is 5.30. The van der Waals surface area contributed by atoms with Crippen molar-refractivity contribution in [2.24, 2.45) is 0 Å². The standard InChI is InChI=1S/C14H12FN3O3S/c1-21-9-6-7-12-10(8-9)14(17-16-12)18-22(19,20)13-5-3-2-4-11(13)15/h2-8H,1H3,(H2,16,17,18). The van der Waals surface area contributed by atoms with Crippen molar-refractivity contribution in [3.05, 3.63) is 48.3 Å². The highest BCUT2D eigenvalue weighted by molar-refractivity contribution is 7.92. The van der Waals surface area contributed by atoms with Crippen LogP contribution in [0.4, 0.5) is 10.2 Å². The molecule has 0 aliphatic carbocycles. The number of halogens is 1. The lowest BCUT2D eigenvalue weighted by atomic mass is 10.2. The maximum Gasteiger partial charge on any atom is 0.266 e. The Morgan fingerprint density at radius 3 is 2.73 bits per heavy atom. The second-order valence-electron chi connectivity index (χ2n) is 4.52. The number of nitrogens with one attached hydrogen (secondary N) is 2. The Bertz CT molecular complexity index is 937. The van der Waals surface area contributed by atoms with Gasteiger partial charge in [-0.05, 0) is 30.3 Å². The van der Waals surface area contributed by atoms with E-state index in [9.17, 15) is 12.8 Å². The van der Waals surface area contributed by atoms with E-state index < -0.39 is 20.7 Å². The van der Waals surface area contributed by atoms with E-state index in [2.05, 4.69) is 14.9 Å². The smallest absolute Gasteiger partial charge is 0.266 e. The molecular formula is C14H12FN3O3S. The number of anilines is 1. The molecule has 8 heteroatoms. The number of aromatic nitrogens is 2. The molecule has 114 valence electrons. The number of benzene rings is 2. The summed E-state index contributed by atoms with van der Waals surface area (Å²) in [6, 6.07) is 10.2. The Hall–Kier alpha value is -2.61. The van der Waals surface area contributed by atoms with Gasteiger partial charge in [0.25, 0.3) is 10.0 Å². The quantitative estimate of drug-likeness (QED) is 0.773. The van der Waals surface area contributed by atoms with E-state index in [1.165, 1.54) is 25.3 Å². The molecule has 2 aromatic carbocycles. The molecule has 0 saturated heterocycles. The van der Waals surface area contributed by atoms with E-state index in [4.69, 9.17) is 4.74 Å². The summed E-state index contributed by atoms with van der Waals surface area (Å²) in [5, 5.41) is 7.15. The number of methoxy groups -OCH3 is 1. The van der Waals surface area contributed by atoms with Gasteiger partial charge < -0.3 is 4.74 Å². The molecule has 0 fully saturated rings. The highest BCUT2D eigenvalue weighted by Crippen LogP contribution is 2.27. The molecule has 0 atom stereocenters. The first-order valence-corrected chi connectivity index (χ1v) is 7.79. The third kappa shape index (κ3) is 2.48. The predicted octanol–water partition coefficient (Wildman–Crippen LogP) is 2.51. The Morgan fingerprint density at radius 1 is 1.23 bits per heavy atom. The average Bonchev–Trinajstić information content (AvgIpc) is 2.89. The number of nitrogens with zero attached hydrogens (tertiary/aromatic N) is 1. The lowest BCUT2D eigenvalue weighted by Crippen LogP contribution is -2.15. The summed E-state index contributed by atoms with van der Waals surface area (Å²) in [4.78, 5) is -0.436. The molecule has 0 bridgehead atoms. The van der Waals surface area contributed by atoms with Crippen LogP contribution in [0.1, 0.15) is 0 Å².